The molecule has 0 amide bonds. The first kappa shape index (κ1) is 6.30. The molecule has 0 unspecified atom stereocenters. The molecule has 0 aliphatic rings. The van der Waals surface area contributed by atoms with Crippen LogP contribution in [0.25, 0.3) is 0 Å². The second kappa shape index (κ2) is 5.30. The van der Waals surface area contributed by atoms with Crippen LogP contribution in [0.2, 0.25) is 0 Å². The molecule has 0 aromatic carbocycles. The number of hydrogen-bond donors (Lipinski definition) is 2. The minimum Gasteiger partial charge on any atom is -0.461 e. The van der Waals surface area contributed by atoms with Crippen molar-refractivity contribution in [2.24, 2.45) is 0 Å². The normalized spacial score (nSPS) is 6.43. The van der Waals surface area contributed by atoms with Crippen LogP contribution >= 0.6 is 0 Å². The van der Waals surface area contributed by atoms with Crippen molar-refractivity contribution in [2.75, 3.05) is 0 Å². The highest BCUT2D eigenvalue weighted by molar-refractivity contribution is 5.95. The highest BCUT2D eigenvalue weighted by Crippen LogP contribution is 1.72. The Hall–Kier alpha value is -0.695. The molecule has 3 heteroatoms. The first-order chi connectivity index (χ1) is 3.50. The lowest BCUT2D eigenvalue weighted by Crippen LogP contribution is -1.38. The molecule has 0 aliphatic heterocycles. The van der Waals surface area contributed by atoms with E-state index in [1.165, 1.54) is 0 Å². The molecule has 36 valence electrons. The first-order valence-electron chi connectivity index (χ1n) is 1.84. The van der Waals surface area contributed by atoms with E-state index in [0.29, 0.717) is 0 Å². The van der Waals surface area contributed by atoms with Crippen LogP contribution < -0.4 is 0 Å². The molecule has 1 heterocycles. The molecular formula is C4H6BNO. The molecule has 0 saturated heterocycles. The predicted molar refractivity (Wildman–Crippen MR) is 28.8 cm³/mol. The average Bonchev–Trinajstić information content (AvgIpc) is 2.23. The summed E-state index contributed by atoms with van der Waals surface area (Å²) in [4.78, 5) is 2.86. The van der Waals surface area contributed by atoms with E-state index in [9.17, 15) is 0 Å². The SMILES string of the molecule is [B]O.c1cc[nH]c1. The summed E-state index contributed by atoms with van der Waals surface area (Å²) < 4.78 is 0. The van der Waals surface area contributed by atoms with Crippen molar-refractivity contribution in [3.05, 3.63) is 24.5 Å². The van der Waals surface area contributed by atoms with Crippen LogP contribution in [0.15, 0.2) is 24.5 Å². The molecule has 2 N–H and O–H groups in total. The maximum atomic E-state index is 6.50. The van der Waals surface area contributed by atoms with Gasteiger partial charge in [-0.25, -0.2) is 0 Å². The monoisotopic (exact) mass is 95.1 g/mol. The lowest BCUT2D eigenvalue weighted by atomic mass is 10.6. The van der Waals surface area contributed by atoms with E-state index in [0.717, 1.165) is 0 Å². The van der Waals surface area contributed by atoms with Crippen LogP contribution in [0.5, 0.6) is 0 Å². The van der Waals surface area contributed by atoms with Gasteiger partial charge in [-0.1, -0.05) is 0 Å². The van der Waals surface area contributed by atoms with E-state index in [1.807, 2.05) is 24.5 Å². The summed E-state index contributed by atoms with van der Waals surface area (Å²) in [5.74, 6) is 0. The third-order valence-corrected chi connectivity index (χ3v) is 0.496. The molecule has 0 saturated carbocycles. The van der Waals surface area contributed by atoms with E-state index in [1.54, 1.807) is 0 Å². The fourth-order valence-corrected chi connectivity index (χ4v) is 0.278. The number of aromatic nitrogens is 1. The lowest BCUT2D eigenvalue weighted by Gasteiger charge is -1.49. The van der Waals surface area contributed by atoms with E-state index in [-0.39, 0.29) is 0 Å². The van der Waals surface area contributed by atoms with Crippen LogP contribution in [-0.4, -0.2) is 18.1 Å². The van der Waals surface area contributed by atoms with Crippen molar-refractivity contribution in [3.8, 4) is 0 Å². The van der Waals surface area contributed by atoms with Crippen molar-refractivity contribution in [3.63, 3.8) is 0 Å². The van der Waals surface area contributed by atoms with Gasteiger partial charge < -0.3 is 10.0 Å². The van der Waals surface area contributed by atoms with E-state index in [4.69, 9.17) is 5.02 Å². The van der Waals surface area contributed by atoms with Gasteiger partial charge in [0.25, 0.3) is 8.05 Å². The minimum atomic E-state index is 1.88. The van der Waals surface area contributed by atoms with E-state index in [2.05, 4.69) is 13.0 Å². The van der Waals surface area contributed by atoms with E-state index >= 15 is 0 Å². The smallest absolute Gasteiger partial charge is 0.277 e. The average molecular weight is 94.9 g/mol. The van der Waals surface area contributed by atoms with Crippen LogP contribution in [0.1, 0.15) is 0 Å². The van der Waals surface area contributed by atoms with Gasteiger partial charge in [-0.2, -0.15) is 0 Å². The topological polar surface area (TPSA) is 36.0 Å². The Kier molecular flexibility index (Phi) is 4.78. The second-order valence-electron chi connectivity index (χ2n) is 0.885. The zero-order valence-electron chi connectivity index (χ0n) is 3.83. The third kappa shape index (κ3) is 3.13. The van der Waals surface area contributed by atoms with Crippen molar-refractivity contribution in [2.45, 2.75) is 0 Å². The maximum absolute atomic E-state index is 6.50. The Morgan fingerprint density at radius 3 is 1.71 bits per heavy atom. The fraction of sp³-hybridized carbons (Fsp3) is 0. The zero-order chi connectivity index (χ0) is 5.54. The molecule has 2 radical (unpaired) electrons. The summed E-state index contributed by atoms with van der Waals surface area (Å²) >= 11 is 0. The first-order valence-corrected chi connectivity index (χ1v) is 1.84. The summed E-state index contributed by atoms with van der Waals surface area (Å²) in [6, 6.07) is 3.89. The highest BCUT2D eigenvalue weighted by Gasteiger charge is 1.55. The summed E-state index contributed by atoms with van der Waals surface area (Å²) in [5.41, 5.74) is 0. The van der Waals surface area contributed by atoms with Gasteiger partial charge >= 0.3 is 0 Å². The van der Waals surface area contributed by atoms with Gasteiger partial charge in [0.05, 0.1) is 0 Å². The second-order valence-corrected chi connectivity index (χ2v) is 0.885. The molecule has 2 nitrogen and oxygen atoms in total. The van der Waals surface area contributed by atoms with Crippen molar-refractivity contribution < 1.29 is 5.02 Å². The summed E-state index contributed by atoms with van der Waals surface area (Å²) in [6.45, 7) is 0. The molecule has 7 heavy (non-hydrogen) atoms. The Morgan fingerprint density at radius 2 is 1.57 bits per heavy atom. The van der Waals surface area contributed by atoms with E-state index < -0.39 is 0 Å². The number of H-pyrrole nitrogens is 1. The molecule has 0 bridgehead atoms. The molecule has 0 fully saturated rings. The largest absolute Gasteiger partial charge is 0.461 e. The predicted octanol–water partition coefficient (Wildman–Crippen LogP) is 0.0769. The van der Waals surface area contributed by atoms with Gasteiger partial charge in [0.1, 0.15) is 0 Å². The molecule has 1 aromatic rings. The number of hydrogen-bond acceptors (Lipinski definition) is 1. The molecule has 1 aromatic heterocycles. The highest BCUT2D eigenvalue weighted by atomic mass is 16.2. The van der Waals surface area contributed by atoms with Gasteiger partial charge in [0.2, 0.25) is 0 Å². The summed E-state index contributed by atoms with van der Waals surface area (Å²) in [5, 5.41) is 6.50. The number of aromatic amines is 1. The Bertz CT molecular complexity index is 68.2. The van der Waals surface area contributed by atoms with Gasteiger partial charge in [-0.05, 0) is 12.1 Å². The summed E-state index contributed by atoms with van der Waals surface area (Å²) in [6.07, 6.45) is 3.75. The Balaban J connectivity index is 0.000000162. The van der Waals surface area contributed by atoms with Crippen LogP contribution in [-0.2, 0) is 0 Å². The van der Waals surface area contributed by atoms with Gasteiger partial charge in [0.15, 0.2) is 0 Å². The Morgan fingerprint density at radius 1 is 1.14 bits per heavy atom. The van der Waals surface area contributed by atoms with Gasteiger partial charge in [-0.3, -0.25) is 0 Å². The number of nitrogens with one attached hydrogen (secondary N) is 1. The zero-order valence-corrected chi connectivity index (χ0v) is 3.83. The molecule has 0 aliphatic carbocycles. The van der Waals surface area contributed by atoms with Crippen molar-refractivity contribution in [1.82, 2.24) is 4.98 Å². The number of rotatable bonds is 0. The molecule has 0 spiro atoms. The lowest BCUT2D eigenvalue weighted by molar-refractivity contribution is 0.629. The molecule has 1 rings (SSSR count). The summed E-state index contributed by atoms with van der Waals surface area (Å²) in [7, 11) is 3.50. The van der Waals surface area contributed by atoms with Crippen molar-refractivity contribution >= 4 is 8.05 Å². The maximum Gasteiger partial charge on any atom is 0.277 e. The fourth-order valence-electron chi connectivity index (χ4n) is 0.278. The van der Waals surface area contributed by atoms with Crippen LogP contribution in [0.3, 0.4) is 0 Å². The van der Waals surface area contributed by atoms with Crippen LogP contribution in [0, 0.1) is 0 Å². The Labute approximate surface area is 43.6 Å². The van der Waals surface area contributed by atoms with Crippen LogP contribution in [0.4, 0.5) is 0 Å². The molecule has 0 atom stereocenters. The molecular weight excluding hydrogens is 88.9 g/mol. The minimum absolute atomic E-state index is 1.88. The van der Waals surface area contributed by atoms with Gasteiger partial charge in [0, 0.05) is 12.4 Å². The third-order valence-electron chi connectivity index (χ3n) is 0.496. The van der Waals surface area contributed by atoms with Crippen molar-refractivity contribution in [1.29, 1.82) is 0 Å². The standard InChI is InChI=1S/C4H5N.BHO/c1-2-4-5-3-1;1-2/h1-5H;2H. The van der Waals surface area contributed by atoms with Gasteiger partial charge in [-0.15, -0.1) is 0 Å². The quantitative estimate of drug-likeness (QED) is 0.439.